The van der Waals surface area contributed by atoms with Crippen LogP contribution in [0.3, 0.4) is 0 Å². The molecule has 2 rings (SSSR count). The zero-order valence-corrected chi connectivity index (χ0v) is 19.3. The maximum absolute atomic E-state index is 10.2. The highest BCUT2D eigenvalue weighted by atomic mass is 127. The van der Waals surface area contributed by atoms with Gasteiger partial charge in [0.15, 0.2) is 5.96 Å². The number of hydrogen-bond donors (Lipinski definition) is 3. The second kappa shape index (κ2) is 14.0. The molecule has 1 aromatic rings. The lowest BCUT2D eigenvalue weighted by molar-refractivity contribution is 0.0347. The van der Waals surface area contributed by atoms with Crippen LogP contribution in [0, 0.1) is 6.92 Å². The molecule has 7 nitrogen and oxygen atoms in total. The van der Waals surface area contributed by atoms with E-state index in [1.54, 1.807) is 0 Å². The monoisotopic (exact) mass is 507 g/mol. The number of aliphatic imine (C=N–C) groups is 1. The highest BCUT2D eigenvalue weighted by Crippen LogP contribution is 2.12. The van der Waals surface area contributed by atoms with Gasteiger partial charge in [-0.1, -0.05) is 12.1 Å². The molecule has 1 heterocycles. The molecule has 8 heteroatoms. The summed E-state index contributed by atoms with van der Waals surface area (Å²) in [5, 5.41) is 16.6. The highest BCUT2D eigenvalue weighted by molar-refractivity contribution is 14.0. The molecule has 160 valence electrons. The van der Waals surface area contributed by atoms with Crippen molar-refractivity contribution in [3.63, 3.8) is 0 Å². The fourth-order valence-corrected chi connectivity index (χ4v) is 2.67. The normalized spacial score (nSPS) is 18.9. The van der Waals surface area contributed by atoms with Gasteiger partial charge in [-0.15, -0.1) is 24.0 Å². The predicted octanol–water partition coefficient (Wildman–Crippen LogP) is 2.10. The van der Waals surface area contributed by atoms with Crippen LogP contribution in [0.4, 0.5) is 0 Å². The van der Waals surface area contributed by atoms with Gasteiger partial charge in [-0.25, -0.2) is 0 Å². The Bertz CT molecular complexity index is 582. The van der Waals surface area contributed by atoms with Crippen molar-refractivity contribution in [1.29, 1.82) is 0 Å². The SMILES string of the molecule is CCNC(=NCC(O)COc1cccc(C)c1)NC(C)COC1CCOC1.I. The van der Waals surface area contributed by atoms with Crippen LogP contribution in [-0.2, 0) is 9.47 Å². The van der Waals surface area contributed by atoms with E-state index < -0.39 is 6.10 Å². The second-order valence-electron chi connectivity index (χ2n) is 6.87. The molecule has 28 heavy (non-hydrogen) atoms. The zero-order valence-electron chi connectivity index (χ0n) is 17.0. The number of nitrogens with zero attached hydrogens (tertiary/aromatic N) is 1. The molecule has 0 bridgehead atoms. The summed E-state index contributed by atoms with van der Waals surface area (Å²) in [4.78, 5) is 4.45. The Balaban J connectivity index is 0.00000392. The minimum Gasteiger partial charge on any atom is -0.491 e. The number of nitrogens with one attached hydrogen (secondary N) is 2. The Morgan fingerprint density at radius 2 is 2.21 bits per heavy atom. The second-order valence-corrected chi connectivity index (χ2v) is 6.87. The lowest BCUT2D eigenvalue weighted by Crippen LogP contribution is -2.45. The van der Waals surface area contributed by atoms with Crippen LogP contribution < -0.4 is 15.4 Å². The first kappa shape index (κ1) is 24.9. The van der Waals surface area contributed by atoms with Crippen LogP contribution in [0.5, 0.6) is 5.75 Å². The van der Waals surface area contributed by atoms with Crippen molar-refractivity contribution in [2.75, 3.05) is 39.5 Å². The van der Waals surface area contributed by atoms with Gasteiger partial charge in [0.1, 0.15) is 18.5 Å². The Hall–Kier alpha value is -1.10. The summed E-state index contributed by atoms with van der Waals surface area (Å²) >= 11 is 0. The van der Waals surface area contributed by atoms with Gasteiger partial charge in [0.2, 0.25) is 0 Å². The number of aliphatic hydroxyl groups is 1. The van der Waals surface area contributed by atoms with Gasteiger partial charge in [0, 0.05) is 19.2 Å². The van der Waals surface area contributed by atoms with Crippen molar-refractivity contribution >= 4 is 29.9 Å². The number of hydrogen-bond acceptors (Lipinski definition) is 5. The average molecular weight is 507 g/mol. The molecular formula is C20H34IN3O4. The molecule has 1 aromatic carbocycles. The summed E-state index contributed by atoms with van der Waals surface area (Å²) in [6.45, 7) is 9.28. The van der Waals surface area contributed by atoms with E-state index in [0.29, 0.717) is 19.2 Å². The van der Waals surface area contributed by atoms with Crippen molar-refractivity contribution in [2.24, 2.45) is 4.99 Å². The quantitative estimate of drug-likeness (QED) is 0.256. The van der Waals surface area contributed by atoms with Crippen LogP contribution >= 0.6 is 24.0 Å². The van der Waals surface area contributed by atoms with Crippen LogP contribution in [0.15, 0.2) is 29.3 Å². The van der Waals surface area contributed by atoms with E-state index in [4.69, 9.17) is 14.2 Å². The number of ether oxygens (including phenoxy) is 3. The third-order valence-electron chi connectivity index (χ3n) is 4.09. The summed E-state index contributed by atoms with van der Waals surface area (Å²) in [7, 11) is 0. The number of aliphatic hydroxyl groups excluding tert-OH is 1. The summed E-state index contributed by atoms with van der Waals surface area (Å²) in [6.07, 6.45) is 0.464. The molecule has 1 fully saturated rings. The molecule has 0 aliphatic carbocycles. The first-order valence-electron chi connectivity index (χ1n) is 9.68. The first-order chi connectivity index (χ1) is 13.1. The van der Waals surface area contributed by atoms with Gasteiger partial charge in [0.25, 0.3) is 0 Å². The number of halogens is 1. The predicted molar refractivity (Wildman–Crippen MR) is 122 cm³/mol. The van der Waals surface area contributed by atoms with E-state index >= 15 is 0 Å². The zero-order chi connectivity index (χ0) is 19.5. The van der Waals surface area contributed by atoms with Gasteiger partial charge < -0.3 is 30.0 Å². The van der Waals surface area contributed by atoms with E-state index in [9.17, 15) is 5.11 Å². The smallest absolute Gasteiger partial charge is 0.191 e. The number of rotatable bonds is 10. The van der Waals surface area contributed by atoms with Gasteiger partial charge >= 0.3 is 0 Å². The highest BCUT2D eigenvalue weighted by Gasteiger charge is 2.17. The summed E-state index contributed by atoms with van der Waals surface area (Å²) < 4.78 is 16.8. The maximum Gasteiger partial charge on any atom is 0.191 e. The van der Waals surface area contributed by atoms with E-state index in [2.05, 4.69) is 15.6 Å². The first-order valence-corrected chi connectivity index (χ1v) is 9.68. The number of aryl methyl sites for hydroxylation is 1. The average Bonchev–Trinajstić information content (AvgIpc) is 3.17. The molecule has 1 saturated heterocycles. The fourth-order valence-electron chi connectivity index (χ4n) is 2.67. The van der Waals surface area contributed by atoms with Crippen LogP contribution in [0.25, 0.3) is 0 Å². The Kier molecular flexibility index (Phi) is 12.4. The Labute approximate surface area is 185 Å². The molecule has 1 aliphatic rings. The number of guanidine groups is 1. The standard InChI is InChI=1S/C20H33N3O4.HI/c1-4-21-20(23-16(3)12-26-19-8-9-25-14-19)22-11-17(24)13-27-18-7-5-6-15(2)10-18;/h5-7,10,16-17,19,24H,4,8-9,11-14H2,1-3H3,(H2,21,22,23);1H. The topological polar surface area (TPSA) is 84.3 Å². The van der Waals surface area contributed by atoms with Gasteiger partial charge in [0.05, 0.1) is 25.9 Å². The Morgan fingerprint density at radius 1 is 1.39 bits per heavy atom. The fraction of sp³-hybridized carbons (Fsp3) is 0.650. The summed E-state index contributed by atoms with van der Waals surface area (Å²) in [6, 6.07) is 7.87. The molecule has 3 unspecified atom stereocenters. The van der Waals surface area contributed by atoms with Crippen molar-refractivity contribution in [1.82, 2.24) is 10.6 Å². The van der Waals surface area contributed by atoms with Crippen molar-refractivity contribution in [2.45, 2.75) is 45.4 Å². The van der Waals surface area contributed by atoms with Crippen molar-refractivity contribution in [3.8, 4) is 5.75 Å². The minimum atomic E-state index is -0.678. The molecule has 0 amide bonds. The van der Waals surface area contributed by atoms with Crippen molar-refractivity contribution < 1.29 is 19.3 Å². The Morgan fingerprint density at radius 3 is 2.89 bits per heavy atom. The largest absolute Gasteiger partial charge is 0.491 e. The maximum atomic E-state index is 10.2. The van der Waals surface area contributed by atoms with E-state index in [0.717, 1.165) is 30.9 Å². The molecule has 1 aliphatic heterocycles. The molecule has 0 spiro atoms. The lowest BCUT2D eigenvalue weighted by atomic mass is 10.2. The summed E-state index contributed by atoms with van der Waals surface area (Å²) in [5.74, 6) is 1.41. The van der Waals surface area contributed by atoms with Crippen LogP contribution in [0.2, 0.25) is 0 Å². The minimum absolute atomic E-state index is 0. The third-order valence-corrected chi connectivity index (χ3v) is 4.09. The lowest BCUT2D eigenvalue weighted by Gasteiger charge is -2.20. The van der Waals surface area contributed by atoms with Crippen molar-refractivity contribution in [3.05, 3.63) is 29.8 Å². The van der Waals surface area contributed by atoms with E-state index in [1.807, 2.05) is 45.0 Å². The molecule has 3 atom stereocenters. The number of benzene rings is 1. The molecule has 0 radical (unpaired) electrons. The molecule has 3 N–H and O–H groups in total. The van der Waals surface area contributed by atoms with Crippen LogP contribution in [-0.4, -0.2) is 68.8 Å². The van der Waals surface area contributed by atoms with Gasteiger partial charge in [-0.3, -0.25) is 4.99 Å². The van der Waals surface area contributed by atoms with E-state index in [-0.39, 0.29) is 49.3 Å². The van der Waals surface area contributed by atoms with E-state index in [1.165, 1.54) is 0 Å². The molecule has 0 aromatic heterocycles. The van der Waals surface area contributed by atoms with Gasteiger partial charge in [-0.2, -0.15) is 0 Å². The molecular weight excluding hydrogens is 473 g/mol. The molecule has 0 saturated carbocycles. The summed E-state index contributed by atoms with van der Waals surface area (Å²) in [5.41, 5.74) is 1.12. The third kappa shape index (κ3) is 9.90. The van der Waals surface area contributed by atoms with Crippen LogP contribution in [0.1, 0.15) is 25.8 Å². The van der Waals surface area contributed by atoms with Gasteiger partial charge in [-0.05, 0) is 44.9 Å².